The van der Waals surface area contributed by atoms with Crippen LogP contribution in [0.1, 0.15) is 32.8 Å². The van der Waals surface area contributed by atoms with Crippen LogP contribution in [0.3, 0.4) is 0 Å². The van der Waals surface area contributed by atoms with Gasteiger partial charge in [0, 0.05) is 13.1 Å². The Morgan fingerprint density at radius 2 is 1.86 bits per heavy atom. The standard InChI is InChI=1S/C18H30FNOSi/c1-18(2,3)22(4,5)21-17-11-12-20(16(17)13-19)14-15-9-7-6-8-10-15/h6-10,16-17H,11-14H2,1-5H3/t16-,17+/m1/s1. The lowest BCUT2D eigenvalue weighted by Crippen LogP contribution is -2.48. The molecule has 124 valence electrons. The second-order valence-corrected chi connectivity index (χ2v) is 12.6. The summed E-state index contributed by atoms with van der Waals surface area (Å²) in [5.74, 6) is 0. The highest BCUT2D eigenvalue weighted by Gasteiger charge is 2.43. The SMILES string of the molecule is CC(C)(C)[Si](C)(C)O[C@H]1CCN(Cc2ccccc2)[C@@H]1CF. The van der Waals surface area contributed by atoms with Crippen molar-refractivity contribution in [1.82, 2.24) is 4.90 Å². The second kappa shape index (κ2) is 6.81. The quantitative estimate of drug-likeness (QED) is 0.733. The summed E-state index contributed by atoms with van der Waals surface area (Å²) in [5.41, 5.74) is 1.24. The molecule has 0 radical (unpaired) electrons. The van der Waals surface area contributed by atoms with Gasteiger partial charge in [-0.15, -0.1) is 0 Å². The normalized spacial score (nSPS) is 23.9. The summed E-state index contributed by atoms with van der Waals surface area (Å²) >= 11 is 0. The molecule has 0 amide bonds. The number of hydrogen-bond donors (Lipinski definition) is 0. The van der Waals surface area contributed by atoms with Gasteiger partial charge in [-0.3, -0.25) is 4.90 Å². The maximum Gasteiger partial charge on any atom is 0.192 e. The molecule has 0 spiro atoms. The first-order valence-electron chi connectivity index (χ1n) is 8.26. The van der Waals surface area contributed by atoms with Gasteiger partial charge in [-0.05, 0) is 30.1 Å². The van der Waals surface area contributed by atoms with Crippen LogP contribution in [0, 0.1) is 0 Å². The summed E-state index contributed by atoms with van der Waals surface area (Å²) in [7, 11) is -1.84. The molecule has 1 saturated heterocycles. The van der Waals surface area contributed by atoms with Crippen LogP contribution in [0.25, 0.3) is 0 Å². The first-order chi connectivity index (χ1) is 10.2. The van der Waals surface area contributed by atoms with Gasteiger partial charge in [0.15, 0.2) is 8.32 Å². The van der Waals surface area contributed by atoms with E-state index >= 15 is 0 Å². The fourth-order valence-electron chi connectivity index (χ4n) is 2.79. The monoisotopic (exact) mass is 323 g/mol. The number of likely N-dealkylation sites (tertiary alicyclic amines) is 1. The Morgan fingerprint density at radius 1 is 1.23 bits per heavy atom. The van der Waals surface area contributed by atoms with Crippen molar-refractivity contribution in [2.24, 2.45) is 0 Å². The molecule has 2 atom stereocenters. The molecule has 0 aromatic heterocycles. The van der Waals surface area contributed by atoms with E-state index in [1.165, 1.54) is 5.56 Å². The summed E-state index contributed by atoms with van der Waals surface area (Å²) in [5, 5.41) is 0.167. The van der Waals surface area contributed by atoms with Crippen molar-refractivity contribution in [3.05, 3.63) is 35.9 Å². The third-order valence-corrected chi connectivity index (χ3v) is 9.74. The minimum absolute atomic E-state index is 0.0367. The van der Waals surface area contributed by atoms with E-state index in [4.69, 9.17) is 4.43 Å². The highest BCUT2D eigenvalue weighted by Crippen LogP contribution is 2.39. The van der Waals surface area contributed by atoms with E-state index in [-0.39, 0.29) is 23.9 Å². The van der Waals surface area contributed by atoms with Gasteiger partial charge in [0.25, 0.3) is 0 Å². The van der Waals surface area contributed by atoms with Crippen molar-refractivity contribution >= 4 is 8.32 Å². The van der Waals surface area contributed by atoms with Crippen molar-refractivity contribution in [3.63, 3.8) is 0 Å². The molecule has 1 aromatic carbocycles. The van der Waals surface area contributed by atoms with Gasteiger partial charge in [0.05, 0.1) is 12.1 Å². The summed E-state index contributed by atoms with van der Waals surface area (Å²) in [6.45, 7) is 12.6. The van der Waals surface area contributed by atoms with Crippen LogP contribution >= 0.6 is 0 Å². The molecule has 2 nitrogen and oxygen atoms in total. The molecule has 1 aliphatic heterocycles. The topological polar surface area (TPSA) is 12.5 Å². The summed E-state index contributed by atoms with van der Waals surface area (Å²) < 4.78 is 20.2. The molecule has 0 saturated carbocycles. The molecular formula is C18H30FNOSi. The minimum atomic E-state index is -1.84. The molecule has 1 aliphatic rings. The molecule has 4 heteroatoms. The Bertz CT molecular complexity index is 472. The highest BCUT2D eigenvalue weighted by molar-refractivity contribution is 6.74. The van der Waals surface area contributed by atoms with Crippen molar-refractivity contribution in [3.8, 4) is 0 Å². The average Bonchev–Trinajstić information content (AvgIpc) is 2.80. The Morgan fingerprint density at radius 3 is 2.41 bits per heavy atom. The molecule has 1 fully saturated rings. The van der Waals surface area contributed by atoms with Gasteiger partial charge in [-0.25, -0.2) is 4.39 Å². The van der Waals surface area contributed by atoms with Gasteiger partial charge in [0.1, 0.15) is 6.67 Å². The summed E-state index contributed by atoms with van der Waals surface area (Å²) in [6, 6.07) is 10.2. The summed E-state index contributed by atoms with van der Waals surface area (Å²) in [4.78, 5) is 2.24. The maximum absolute atomic E-state index is 13.7. The third-order valence-electron chi connectivity index (χ3n) is 5.24. The van der Waals surface area contributed by atoms with Crippen molar-refractivity contribution in [2.45, 2.75) is 64.0 Å². The average molecular weight is 324 g/mol. The van der Waals surface area contributed by atoms with Gasteiger partial charge in [-0.2, -0.15) is 0 Å². The first-order valence-corrected chi connectivity index (χ1v) is 11.2. The minimum Gasteiger partial charge on any atom is -0.412 e. The van der Waals surface area contributed by atoms with Gasteiger partial charge < -0.3 is 4.43 Å². The lowest BCUT2D eigenvalue weighted by molar-refractivity contribution is 0.101. The molecule has 0 aliphatic carbocycles. The highest BCUT2D eigenvalue weighted by atomic mass is 28.4. The second-order valence-electron chi connectivity index (χ2n) is 7.88. The van der Waals surface area contributed by atoms with Crippen LogP contribution in [-0.4, -0.2) is 38.6 Å². The van der Waals surface area contributed by atoms with Crippen molar-refractivity contribution in [2.75, 3.05) is 13.2 Å². The van der Waals surface area contributed by atoms with Crippen LogP contribution in [0.5, 0.6) is 0 Å². The number of benzene rings is 1. The molecule has 2 rings (SSSR count). The molecule has 1 heterocycles. The van der Waals surface area contributed by atoms with Crippen LogP contribution in [0.2, 0.25) is 18.1 Å². The van der Waals surface area contributed by atoms with E-state index in [1.54, 1.807) is 0 Å². The van der Waals surface area contributed by atoms with Gasteiger partial charge in [0.2, 0.25) is 0 Å². The lowest BCUT2D eigenvalue weighted by Gasteiger charge is -2.40. The van der Waals surface area contributed by atoms with Gasteiger partial charge >= 0.3 is 0 Å². The Kier molecular flexibility index (Phi) is 5.46. The maximum atomic E-state index is 13.7. The molecule has 0 N–H and O–H groups in total. The van der Waals surface area contributed by atoms with Crippen LogP contribution < -0.4 is 0 Å². The lowest BCUT2D eigenvalue weighted by atomic mass is 10.1. The molecule has 0 unspecified atom stereocenters. The van der Waals surface area contributed by atoms with Crippen LogP contribution in [0.4, 0.5) is 4.39 Å². The van der Waals surface area contributed by atoms with E-state index < -0.39 is 8.32 Å². The Labute approximate surface area is 135 Å². The zero-order valence-corrected chi connectivity index (χ0v) is 15.6. The van der Waals surface area contributed by atoms with E-state index in [9.17, 15) is 4.39 Å². The number of halogens is 1. The largest absolute Gasteiger partial charge is 0.412 e. The zero-order valence-electron chi connectivity index (χ0n) is 14.6. The number of hydrogen-bond acceptors (Lipinski definition) is 2. The fraction of sp³-hybridized carbons (Fsp3) is 0.667. The number of rotatable bonds is 5. The van der Waals surface area contributed by atoms with Gasteiger partial charge in [-0.1, -0.05) is 51.1 Å². The van der Waals surface area contributed by atoms with Crippen molar-refractivity contribution in [1.29, 1.82) is 0 Å². The zero-order chi connectivity index (χ0) is 16.4. The number of nitrogens with zero attached hydrogens (tertiary/aromatic N) is 1. The molecule has 1 aromatic rings. The van der Waals surface area contributed by atoms with Crippen LogP contribution in [-0.2, 0) is 11.0 Å². The molecule has 22 heavy (non-hydrogen) atoms. The molecule has 0 bridgehead atoms. The fourth-order valence-corrected chi connectivity index (χ4v) is 4.18. The predicted octanol–water partition coefficient (Wildman–Crippen LogP) is 4.62. The Hall–Kier alpha value is -0.713. The summed E-state index contributed by atoms with van der Waals surface area (Å²) in [6.07, 6.45) is 0.975. The number of alkyl halides is 1. The smallest absolute Gasteiger partial charge is 0.192 e. The predicted molar refractivity (Wildman–Crippen MR) is 93.3 cm³/mol. The van der Waals surface area contributed by atoms with Crippen LogP contribution in [0.15, 0.2) is 30.3 Å². The van der Waals surface area contributed by atoms with E-state index in [0.717, 1.165) is 19.5 Å². The molecular weight excluding hydrogens is 293 g/mol. The van der Waals surface area contributed by atoms with E-state index in [1.807, 2.05) is 18.2 Å². The van der Waals surface area contributed by atoms with E-state index in [0.29, 0.717) is 0 Å². The van der Waals surface area contributed by atoms with Crippen molar-refractivity contribution < 1.29 is 8.82 Å². The Balaban J connectivity index is 2.04. The first kappa shape index (κ1) is 17.6. The third kappa shape index (κ3) is 3.97. The van der Waals surface area contributed by atoms with E-state index in [2.05, 4.69) is 50.9 Å².